The van der Waals surface area contributed by atoms with Crippen molar-refractivity contribution in [3.8, 4) is 11.5 Å². The molecule has 0 aromatic heterocycles. The van der Waals surface area contributed by atoms with Crippen molar-refractivity contribution in [1.82, 2.24) is 5.43 Å². The lowest BCUT2D eigenvalue weighted by Crippen LogP contribution is -2.17. The Kier molecular flexibility index (Phi) is 5.45. The first-order chi connectivity index (χ1) is 11.5. The maximum absolute atomic E-state index is 11.9. The lowest BCUT2D eigenvalue weighted by molar-refractivity contribution is -0.385. The lowest BCUT2D eigenvalue weighted by Gasteiger charge is -2.04. The summed E-state index contributed by atoms with van der Waals surface area (Å²) in [6, 6.07) is 10.3. The van der Waals surface area contributed by atoms with Gasteiger partial charge in [0.15, 0.2) is 5.75 Å². The van der Waals surface area contributed by atoms with Crippen LogP contribution >= 0.6 is 0 Å². The van der Waals surface area contributed by atoms with Crippen LogP contribution in [0.25, 0.3) is 0 Å². The Morgan fingerprint density at radius 3 is 2.67 bits per heavy atom. The fraction of sp³-hybridized carbons (Fsp3) is 0.125. The third-order valence-corrected chi connectivity index (χ3v) is 3.00. The van der Waals surface area contributed by atoms with E-state index in [2.05, 4.69) is 10.5 Å². The van der Waals surface area contributed by atoms with Crippen LogP contribution < -0.4 is 10.2 Å². The van der Waals surface area contributed by atoms with Crippen molar-refractivity contribution < 1.29 is 19.6 Å². The third-order valence-electron chi connectivity index (χ3n) is 3.00. The number of phenols is 1. The maximum Gasteiger partial charge on any atom is 0.311 e. The number of nitrogens with zero attached hydrogens (tertiary/aromatic N) is 2. The molecule has 0 saturated carbocycles. The Morgan fingerprint density at radius 1 is 1.33 bits per heavy atom. The third kappa shape index (κ3) is 4.29. The minimum atomic E-state index is -0.703. The summed E-state index contributed by atoms with van der Waals surface area (Å²) < 4.78 is 5.28. The van der Waals surface area contributed by atoms with Crippen molar-refractivity contribution in [2.45, 2.75) is 6.92 Å². The van der Waals surface area contributed by atoms with Crippen molar-refractivity contribution >= 4 is 17.8 Å². The first kappa shape index (κ1) is 16.9. The molecule has 0 saturated heterocycles. The number of hydrazone groups is 1. The van der Waals surface area contributed by atoms with E-state index in [4.69, 9.17) is 4.74 Å². The van der Waals surface area contributed by atoms with Gasteiger partial charge < -0.3 is 9.84 Å². The number of carbonyl (C=O) groups is 1. The monoisotopic (exact) mass is 329 g/mol. The van der Waals surface area contributed by atoms with E-state index in [1.807, 2.05) is 6.92 Å². The molecule has 8 nitrogen and oxygen atoms in total. The van der Waals surface area contributed by atoms with Crippen LogP contribution in [0.4, 0.5) is 5.69 Å². The molecule has 0 heterocycles. The second kappa shape index (κ2) is 7.73. The number of ether oxygens (including phenoxy) is 1. The number of carbonyl (C=O) groups excluding carboxylic acids is 1. The number of hydrogen-bond donors (Lipinski definition) is 2. The Hall–Kier alpha value is -3.42. The van der Waals surface area contributed by atoms with E-state index in [1.54, 1.807) is 24.3 Å². The average Bonchev–Trinajstić information content (AvgIpc) is 2.57. The van der Waals surface area contributed by atoms with Gasteiger partial charge in [0.1, 0.15) is 5.75 Å². The van der Waals surface area contributed by atoms with E-state index >= 15 is 0 Å². The molecule has 24 heavy (non-hydrogen) atoms. The van der Waals surface area contributed by atoms with Crippen molar-refractivity contribution in [2.75, 3.05) is 6.61 Å². The average molecular weight is 329 g/mol. The predicted molar refractivity (Wildman–Crippen MR) is 87.4 cm³/mol. The molecule has 0 aliphatic carbocycles. The summed E-state index contributed by atoms with van der Waals surface area (Å²) in [5.74, 6) is -0.202. The van der Waals surface area contributed by atoms with Gasteiger partial charge in [-0.15, -0.1) is 0 Å². The summed E-state index contributed by atoms with van der Waals surface area (Å²) in [7, 11) is 0. The van der Waals surface area contributed by atoms with Gasteiger partial charge in [-0.3, -0.25) is 14.9 Å². The number of nitro benzene ring substituents is 1. The van der Waals surface area contributed by atoms with Gasteiger partial charge in [-0.05, 0) is 43.3 Å². The van der Waals surface area contributed by atoms with Crippen LogP contribution in [0.1, 0.15) is 22.8 Å². The highest BCUT2D eigenvalue weighted by Gasteiger charge is 2.12. The number of amides is 1. The molecule has 1 amide bonds. The Balaban J connectivity index is 2.02. The fourth-order valence-electron chi connectivity index (χ4n) is 1.87. The van der Waals surface area contributed by atoms with Crippen LogP contribution in [-0.2, 0) is 0 Å². The Morgan fingerprint density at radius 2 is 2.04 bits per heavy atom. The van der Waals surface area contributed by atoms with Crippen molar-refractivity contribution in [2.24, 2.45) is 5.10 Å². The fourth-order valence-corrected chi connectivity index (χ4v) is 1.87. The minimum absolute atomic E-state index is 0.367. The smallest absolute Gasteiger partial charge is 0.311 e. The second-order valence-electron chi connectivity index (χ2n) is 4.66. The number of nitro groups is 1. The van der Waals surface area contributed by atoms with Gasteiger partial charge in [0.05, 0.1) is 17.7 Å². The van der Waals surface area contributed by atoms with Crippen LogP contribution in [0.2, 0.25) is 0 Å². The molecule has 2 aromatic rings. The molecular formula is C16H15N3O5. The van der Waals surface area contributed by atoms with E-state index in [-0.39, 0.29) is 0 Å². The molecule has 2 rings (SSSR count). The summed E-state index contributed by atoms with van der Waals surface area (Å²) >= 11 is 0. The molecule has 0 aliphatic heterocycles. The molecule has 2 aromatic carbocycles. The molecule has 0 unspecified atom stereocenters. The van der Waals surface area contributed by atoms with Gasteiger partial charge in [-0.25, -0.2) is 5.43 Å². The zero-order valence-corrected chi connectivity index (χ0v) is 12.8. The highest BCUT2D eigenvalue weighted by molar-refractivity contribution is 5.95. The highest BCUT2D eigenvalue weighted by atomic mass is 16.6. The summed E-state index contributed by atoms with van der Waals surface area (Å²) in [5, 5.41) is 23.8. The number of nitrogens with one attached hydrogen (secondary N) is 1. The minimum Gasteiger partial charge on any atom is -0.502 e. The van der Waals surface area contributed by atoms with Crippen molar-refractivity contribution in [3.63, 3.8) is 0 Å². The Labute approximate surface area is 137 Å². The van der Waals surface area contributed by atoms with E-state index in [9.17, 15) is 20.0 Å². The van der Waals surface area contributed by atoms with Gasteiger partial charge in [-0.1, -0.05) is 0 Å². The van der Waals surface area contributed by atoms with Crippen molar-refractivity contribution in [3.05, 3.63) is 63.7 Å². The van der Waals surface area contributed by atoms with Crippen LogP contribution in [0.3, 0.4) is 0 Å². The first-order valence-electron chi connectivity index (χ1n) is 7.05. The number of aromatic hydroxyl groups is 1. The maximum atomic E-state index is 11.9. The standard InChI is InChI=1S/C16H15N3O5/c1-2-24-13-6-4-12(5-7-13)16(21)18-17-10-11-3-8-15(20)14(9-11)19(22)23/h3-10,20H,2H2,1H3,(H,18,21)/b17-10-. The molecule has 0 aliphatic rings. The van der Waals surface area contributed by atoms with E-state index in [0.717, 1.165) is 6.07 Å². The van der Waals surface area contributed by atoms with Gasteiger partial charge in [-0.2, -0.15) is 5.10 Å². The topological polar surface area (TPSA) is 114 Å². The number of rotatable bonds is 6. The summed E-state index contributed by atoms with van der Waals surface area (Å²) in [6.45, 7) is 2.40. The molecule has 0 atom stereocenters. The van der Waals surface area contributed by atoms with Gasteiger partial charge in [0.2, 0.25) is 0 Å². The molecule has 0 fully saturated rings. The first-order valence-corrected chi connectivity index (χ1v) is 7.05. The normalized spacial score (nSPS) is 10.5. The summed E-state index contributed by atoms with van der Waals surface area (Å²) in [4.78, 5) is 22.0. The summed E-state index contributed by atoms with van der Waals surface area (Å²) in [5.41, 5.74) is 2.65. The molecule has 0 radical (unpaired) electrons. The molecule has 0 bridgehead atoms. The van der Waals surface area contributed by atoms with Crippen LogP contribution in [0.15, 0.2) is 47.6 Å². The molecule has 0 spiro atoms. The second-order valence-corrected chi connectivity index (χ2v) is 4.66. The highest BCUT2D eigenvalue weighted by Crippen LogP contribution is 2.25. The number of hydrogen-bond acceptors (Lipinski definition) is 6. The summed E-state index contributed by atoms with van der Waals surface area (Å²) in [6.07, 6.45) is 1.25. The lowest BCUT2D eigenvalue weighted by atomic mass is 10.2. The number of benzene rings is 2. The SMILES string of the molecule is CCOc1ccc(C(=O)N/N=C\c2ccc(O)c([N+](=O)[O-])c2)cc1. The zero-order chi connectivity index (χ0) is 17.5. The molecule has 8 heteroatoms. The Bertz CT molecular complexity index is 772. The van der Waals surface area contributed by atoms with Gasteiger partial charge in [0, 0.05) is 17.2 Å². The van der Waals surface area contributed by atoms with Crippen LogP contribution in [0.5, 0.6) is 11.5 Å². The van der Waals surface area contributed by atoms with Crippen LogP contribution in [0, 0.1) is 10.1 Å². The quantitative estimate of drug-likeness (QED) is 0.480. The van der Waals surface area contributed by atoms with Gasteiger partial charge in [0.25, 0.3) is 5.91 Å². The number of phenolic OH excluding ortho intramolecular Hbond substituents is 1. The van der Waals surface area contributed by atoms with E-state index < -0.39 is 22.3 Å². The van der Waals surface area contributed by atoms with Crippen molar-refractivity contribution in [1.29, 1.82) is 0 Å². The zero-order valence-electron chi connectivity index (χ0n) is 12.8. The largest absolute Gasteiger partial charge is 0.502 e. The molecule has 124 valence electrons. The van der Waals surface area contributed by atoms with Gasteiger partial charge >= 0.3 is 5.69 Å². The molecule has 2 N–H and O–H groups in total. The molecular weight excluding hydrogens is 314 g/mol. The van der Waals surface area contributed by atoms with E-state index in [1.165, 1.54) is 18.3 Å². The predicted octanol–water partition coefficient (Wildman–Crippen LogP) is 2.46. The van der Waals surface area contributed by atoms with E-state index in [0.29, 0.717) is 23.5 Å². The van der Waals surface area contributed by atoms with Crippen LogP contribution in [-0.4, -0.2) is 28.8 Å².